The van der Waals surface area contributed by atoms with E-state index in [0.29, 0.717) is 19.6 Å². The third kappa shape index (κ3) is 2.04. The van der Waals surface area contributed by atoms with Gasteiger partial charge in [0.05, 0.1) is 0 Å². The molecule has 1 N–H and O–H groups in total. The van der Waals surface area contributed by atoms with Gasteiger partial charge in [-0.1, -0.05) is 6.58 Å². The van der Waals surface area contributed by atoms with E-state index in [1.807, 2.05) is 6.92 Å². The maximum atomic E-state index is 11.3. The highest BCUT2D eigenvalue weighted by atomic mass is 16.4. The SMILES string of the molecule is C=CC(=O)N1CCN(C(=O)O)C[C@@H]1C. The molecule has 5 heteroatoms. The summed E-state index contributed by atoms with van der Waals surface area (Å²) in [6, 6.07) is -0.0784. The first-order valence-corrected chi connectivity index (χ1v) is 4.47. The van der Waals surface area contributed by atoms with Crippen molar-refractivity contribution in [2.75, 3.05) is 19.6 Å². The fraction of sp³-hybridized carbons (Fsp3) is 0.556. The van der Waals surface area contributed by atoms with Crippen LogP contribution in [0, 0.1) is 0 Å². The van der Waals surface area contributed by atoms with Crippen LogP contribution in [0.5, 0.6) is 0 Å². The van der Waals surface area contributed by atoms with Crippen molar-refractivity contribution in [1.29, 1.82) is 0 Å². The highest BCUT2D eigenvalue weighted by Crippen LogP contribution is 2.09. The summed E-state index contributed by atoms with van der Waals surface area (Å²) in [6.07, 6.45) is 0.329. The molecule has 1 atom stereocenters. The molecule has 2 amide bonds. The molecule has 5 nitrogen and oxygen atoms in total. The Hall–Kier alpha value is -1.52. The zero-order chi connectivity index (χ0) is 10.7. The molecule has 1 fully saturated rings. The van der Waals surface area contributed by atoms with Gasteiger partial charge in [-0.05, 0) is 13.0 Å². The van der Waals surface area contributed by atoms with Gasteiger partial charge < -0.3 is 14.9 Å². The topological polar surface area (TPSA) is 60.9 Å². The van der Waals surface area contributed by atoms with Gasteiger partial charge in [0.2, 0.25) is 5.91 Å². The Labute approximate surface area is 82.6 Å². The Bertz CT molecular complexity index is 265. The van der Waals surface area contributed by atoms with Crippen LogP contribution in [-0.4, -0.2) is 52.6 Å². The molecule has 0 aromatic carbocycles. The van der Waals surface area contributed by atoms with Gasteiger partial charge in [-0.2, -0.15) is 0 Å². The third-order valence-corrected chi connectivity index (χ3v) is 2.36. The Morgan fingerprint density at radius 3 is 2.57 bits per heavy atom. The number of amides is 2. The van der Waals surface area contributed by atoms with Crippen molar-refractivity contribution in [2.45, 2.75) is 13.0 Å². The Kier molecular flexibility index (Phi) is 3.11. The highest BCUT2D eigenvalue weighted by Gasteiger charge is 2.28. The molecule has 0 saturated carbocycles. The van der Waals surface area contributed by atoms with E-state index in [0.717, 1.165) is 0 Å². The minimum atomic E-state index is -0.928. The van der Waals surface area contributed by atoms with Crippen molar-refractivity contribution in [3.8, 4) is 0 Å². The van der Waals surface area contributed by atoms with Crippen molar-refractivity contribution in [3.63, 3.8) is 0 Å². The summed E-state index contributed by atoms with van der Waals surface area (Å²) in [5, 5.41) is 8.74. The van der Waals surface area contributed by atoms with Crippen molar-refractivity contribution >= 4 is 12.0 Å². The van der Waals surface area contributed by atoms with Crippen LogP contribution >= 0.6 is 0 Å². The van der Waals surface area contributed by atoms with Crippen molar-refractivity contribution < 1.29 is 14.7 Å². The third-order valence-electron chi connectivity index (χ3n) is 2.36. The molecule has 0 spiro atoms. The molecule has 0 bridgehead atoms. The lowest BCUT2D eigenvalue weighted by Gasteiger charge is -2.38. The maximum absolute atomic E-state index is 11.3. The zero-order valence-electron chi connectivity index (χ0n) is 8.14. The summed E-state index contributed by atoms with van der Waals surface area (Å²) in [4.78, 5) is 24.9. The lowest BCUT2D eigenvalue weighted by Crippen LogP contribution is -2.54. The Balaban J connectivity index is 2.60. The molecule has 0 unspecified atom stereocenters. The quantitative estimate of drug-likeness (QED) is 0.620. The van der Waals surface area contributed by atoms with Gasteiger partial charge in [-0.3, -0.25) is 4.79 Å². The van der Waals surface area contributed by atoms with E-state index >= 15 is 0 Å². The number of rotatable bonds is 1. The van der Waals surface area contributed by atoms with Gasteiger partial charge >= 0.3 is 6.09 Å². The van der Waals surface area contributed by atoms with E-state index in [2.05, 4.69) is 6.58 Å². The number of carbonyl (C=O) groups is 2. The number of hydrogen-bond acceptors (Lipinski definition) is 2. The number of piperazine rings is 1. The predicted octanol–water partition coefficient (Wildman–Crippen LogP) is 0.383. The van der Waals surface area contributed by atoms with Crippen LogP contribution in [-0.2, 0) is 4.79 Å². The second kappa shape index (κ2) is 4.13. The van der Waals surface area contributed by atoms with E-state index in [-0.39, 0.29) is 11.9 Å². The Morgan fingerprint density at radius 1 is 1.50 bits per heavy atom. The van der Waals surface area contributed by atoms with Gasteiger partial charge in [-0.25, -0.2) is 4.79 Å². The average molecular weight is 198 g/mol. The van der Waals surface area contributed by atoms with Crippen LogP contribution in [0.2, 0.25) is 0 Å². The molecule has 78 valence electrons. The first kappa shape index (κ1) is 10.6. The predicted molar refractivity (Wildman–Crippen MR) is 51.0 cm³/mol. The van der Waals surface area contributed by atoms with Gasteiger partial charge in [0, 0.05) is 25.7 Å². The van der Waals surface area contributed by atoms with Crippen molar-refractivity contribution in [1.82, 2.24) is 9.80 Å². The van der Waals surface area contributed by atoms with Crippen LogP contribution < -0.4 is 0 Å². The molecule has 0 aromatic rings. The second-order valence-corrected chi connectivity index (χ2v) is 3.31. The maximum Gasteiger partial charge on any atom is 0.407 e. The molecule has 1 rings (SSSR count). The Morgan fingerprint density at radius 2 is 2.14 bits per heavy atom. The number of nitrogens with zero attached hydrogens (tertiary/aromatic N) is 2. The molecular weight excluding hydrogens is 184 g/mol. The molecule has 1 saturated heterocycles. The minimum Gasteiger partial charge on any atom is -0.465 e. The van der Waals surface area contributed by atoms with Crippen LogP contribution in [0.15, 0.2) is 12.7 Å². The summed E-state index contributed by atoms with van der Waals surface area (Å²) >= 11 is 0. The van der Waals surface area contributed by atoms with E-state index < -0.39 is 6.09 Å². The minimum absolute atomic E-state index is 0.0784. The van der Waals surface area contributed by atoms with Crippen LogP contribution in [0.3, 0.4) is 0 Å². The standard InChI is InChI=1S/C9H14N2O3/c1-3-8(12)11-5-4-10(9(13)14)6-7(11)2/h3,7H,1,4-6H2,2H3,(H,13,14)/t7-/m0/s1. The summed E-state index contributed by atoms with van der Waals surface area (Å²) in [6.45, 7) is 6.42. The fourth-order valence-corrected chi connectivity index (χ4v) is 1.58. The summed E-state index contributed by atoms with van der Waals surface area (Å²) in [5.41, 5.74) is 0. The molecule has 1 heterocycles. The summed E-state index contributed by atoms with van der Waals surface area (Å²) < 4.78 is 0. The largest absolute Gasteiger partial charge is 0.465 e. The summed E-state index contributed by atoms with van der Waals surface area (Å²) in [7, 11) is 0. The average Bonchev–Trinajstić information content (AvgIpc) is 2.16. The normalized spacial score (nSPS) is 21.9. The fourth-order valence-electron chi connectivity index (χ4n) is 1.58. The lowest BCUT2D eigenvalue weighted by atomic mass is 10.2. The molecule has 0 aromatic heterocycles. The molecule has 0 aliphatic carbocycles. The molecular formula is C9H14N2O3. The highest BCUT2D eigenvalue weighted by molar-refractivity contribution is 5.87. The lowest BCUT2D eigenvalue weighted by molar-refractivity contribution is -0.130. The van der Waals surface area contributed by atoms with Crippen LogP contribution in [0.25, 0.3) is 0 Å². The number of hydrogen-bond donors (Lipinski definition) is 1. The zero-order valence-corrected chi connectivity index (χ0v) is 8.14. The van der Waals surface area contributed by atoms with E-state index in [1.54, 1.807) is 4.90 Å². The smallest absolute Gasteiger partial charge is 0.407 e. The number of carbonyl (C=O) groups excluding carboxylic acids is 1. The van der Waals surface area contributed by atoms with E-state index in [1.165, 1.54) is 11.0 Å². The van der Waals surface area contributed by atoms with E-state index in [4.69, 9.17) is 5.11 Å². The molecule has 0 radical (unpaired) electrons. The summed E-state index contributed by atoms with van der Waals surface area (Å²) in [5.74, 6) is -0.137. The van der Waals surface area contributed by atoms with Crippen molar-refractivity contribution in [3.05, 3.63) is 12.7 Å². The molecule has 1 aliphatic rings. The van der Waals surface area contributed by atoms with Gasteiger partial charge in [0.25, 0.3) is 0 Å². The monoisotopic (exact) mass is 198 g/mol. The first-order valence-electron chi connectivity index (χ1n) is 4.47. The van der Waals surface area contributed by atoms with Gasteiger partial charge in [0.15, 0.2) is 0 Å². The molecule has 1 aliphatic heterocycles. The van der Waals surface area contributed by atoms with Gasteiger partial charge in [0.1, 0.15) is 0 Å². The second-order valence-electron chi connectivity index (χ2n) is 3.31. The number of carboxylic acid groups (broad SMARTS) is 1. The van der Waals surface area contributed by atoms with Crippen LogP contribution in [0.1, 0.15) is 6.92 Å². The van der Waals surface area contributed by atoms with Crippen molar-refractivity contribution in [2.24, 2.45) is 0 Å². The van der Waals surface area contributed by atoms with E-state index in [9.17, 15) is 9.59 Å². The van der Waals surface area contributed by atoms with Crippen LogP contribution in [0.4, 0.5) is 4.79 Å². The first-order chi connectivity index (χ1) is 6.56. The molecule has 14 heavy (non-hydrogen) atoms. The van der Waals surface area contributed by atoms with Gasteiger partial charge in [-0.15, -0.1) is 0 Å².